The van der Waals surface area contributed by atoms with E-state index in [1.54, 1.807) is 0 Å². The normalized spacial score (nSPS) is 15.3. The second kappa shape index (κ2) is 10.3. The zero-order valence-electron chi connectivity index (χ0n) is 27.3. The van der Waals surface area contributed by atoms with Crippen molar-refractivity contribution in [1.29, 1.82) is 0 Å². The maximum atomic E-state index is 2.50. The summed E-state index contributed by atoms with van der Waals surface area (Å²) in [6.45, 7) is 0. The molecule has 1 heteroatoms. The fourth-order valence-electron chi connectivity index (χ4n) is 9.29. The summed E-state index contributed by atoms with van der Waals surface area (Å²) in [5.74, 6) is 0. The predicted molar refractivity (Wildman–Crippen MR) is 207 cm³/mol. The Morgan fingerprint density at radius 2 is 0.800 bits per heavy atom. The smallest absolute Gasteiger partial charge is 0.0738 e. The van der Waals surface area contributed by atoms with Gasteiger partial charge in [-0.1, -0.05) is 158 Å². The number of benzene rings is 8. The van der Waals surface area contributed by atoms with Gasteiger partial charge in [0.15, 0.2) is 0 Å². The molecule has 232 valence electrons. The van der Waals surface area contributed by atoms with Gasteiger partial charge in [-0.2, -0.15) is 0 Å². The molecule has 0 heterocycles. The molecule has 11 rings (SSSR count). The van der Waals surface area contributed by atoms with Gasteiger partial charge >= 0.3 is 0 Å². The number of nitrogens with zero attached hydrogens (tertiary/aromatic N) is 1. The van der Waals surface area contributed by atoms with Crippen molar-refractivity contribution in [2.75, 3.05) is 4.90 Å². The van der Waals surface area contributed by atoms with Gasteiger partial charge in [-0.25, -0.2) is 0 Å². The van der Waals surface area contributed by atoms with E-state index in [1.807, 2.05) is 0 Å². The second-order valence-corrected chi connectivity index (χ2v) is 13.6. The first-order valence-electron chi connectivity index (χ1n) is 17.4. The summed E-state index contributed by atoms with van der Waals surface area (Å²) in [5.41, 5.74) is 21.7. The van der Waals surface area contributed by atoms with E-state index in [2.05, 4.69) is 193 Å². The Labute approximate surface area is 292 Å². The predicted octanol–water partition coefficient (Wildman–Crippen LogP) is 12.8. The van der Waals surface area contributed by atoms with Gasteiger partial charge in [0, 0.05) is 16.9 Å². The lowest BCUT2D eigenvalue weighted by atomic mass is 9.73. The molecule has 0 fully saturated rings. The summed E-state index contributed by atoms with van der Waals surface area (Å²) in [6, 6.07) is 69.4. The van der Waals surface area contributed by atoms with Crippen molar-refractivity contribution in [3.05, 3.63) is 210 Å². The van der Waals surface area contributed by atoms with Gasteiger partial charge in [-0.3, -0.25) is 0 Å². The fraction of sp³-hybridized carbons (Fsp3) is 0.0204. The third-order valence-corrected chi connectivity index (χ3v) is 11.2. The highest BCUT2D eigenvalue weighted by Gasteiger charge is 2.57. The lowest BCUT2D eigenvalue weighted by Crippen LogP contribution is -2.23. The Hall–Kier alpha value is -6.44. The van der Waals surface area contributed by atoms with Crippen LogP contribution in [0.25, 0.3) is 55.6 Å². The number of para-hydroxylation sites is 1. The molecule has 0 aliphatic heterocycles. The van der Waals surface area contributed by atoms with Crippen LogP contribution in [0, 0.1) is 0 Å². The Bertz CT molecular complexity index is 2620. The average Bonchev–Trinajstić information content (AvgIpc) is 3.79. The monoisotopic (exact) mass is 633 g/mol. The largest absolute Gasteiger partial charge is 0.310 e. The van der Waals surface area contributed by atoms with Crippen LogP contribution in [0.3, 0.4) is 0 Å². The fourth-order valence-corrected chi connectivity index (χ4v) is 9.29. The van der Waals surface area contributed by atoms with Crippen LogP contribution < -0.4 is 4.90 Å². The van der Waals surface area contributed by atoms with Gasteiger partial charge in [-0.05, 0) is 103 Å². The molecular formula is C49H31N. The van der Waals surface area contributed by atoms with Crippen molar-refractivity contribution in [2.45, 2.75) is 5.41 Å². The molecule has 0 saturated heterocycles. The van der Waals surface area contributed by atoms with Crippen LogP contribution in [0.5, 0.6) is 0 Å². The van der Waals surface area contributed by atoms with Crippen molar-refractivity contribution < 1.29 is 0 Å². The van der Waals surface area contributed by atoms with E-state index in [0.717, 1.165) is 17.1 Å². The zero-order valence-corrected chi connectivity index (χ0v) is 27.3. The van der Waals surface area contributed by atoms with Gasteiger partial charge in [0.25, 0.3) is 0 Å². The molecule has 0 bridgehead atoms. The third-order valence-electron chi connectivity index (χ3n) is 11.2. The molecule has 8 aromatic carbocycles. The van der Waals surface area contributed by atoms with E-state index >= 15 is 0 Å². The van der Waals surface area contributed by atoms with Crippen LogP contribution in [-0.2, 0) is 5.41 Å². The number of rotatable bonds is 5. The summed E-state index contributed by atoms with van der Waals surface area (Å²) >= 11 is 0. The van der Waals surface area contributed by atoms with Gasteiger partial charge < -0.3 is 4.90 Å². The van der Waals surface area contributed by atoms with Crippen LogP contribution in [-0.4, -0.2) is 0 Å². The molecule has 50 heavy (non-hydrogen) atoms. The molecule has 3 aliphatic carbocycles. The summed E-state index contributed by atoms with van der Waals surface area (Å²) in [7, 11) is 0. The Morgan fingerprint density at radius 3 is 1.52 bits per heavy atom. The summed E-state index contributed by atoms with van der Waals surface area (Å²) < 4.78 is 0. The number of hydrogen-bond acceptors (Lipinski definition) is 1. The van der Waals surface area contributed by atoms with Crippen LogP contribution in [0.4, 0.5) is 17.1 Å². The Morgan fingerprint density at radius 1 is 0.300 bits per heavy atom. The molecule has 3 aliphatic rings. The standard InChI is InChI=1S/C49H31N/c1-3-14-32(15-4-1)34-18-11-19-35(30-34)50(46-27-10-8-20-37(46)33-16-5-2-6-17-33)36-28-29-39-41-23-13-25-43-42-24-12-22-40-38-21-7-9-26-44(38)49(47(40)42,48(41)43)45(39)31-36/h1-31H. The lowest BCUT2D eigenvalue weighted by molar-refractivity contribution is 0.818. The lowest BCUT2D eigenvalue weighted by Gasteiger charge is -2.31. The molecule has 0 N–H and O–H groups in total. The van der Waals surface area contributed by atoms with Crippen LogP contribution in [0.2, 0.25) is 0 Å². The maximum absolute atomic E-state index is 2.50. The van der Waals surface area contributed by atoms with E-state index in [0.29, 0.717) is 0 Å². The van der Waals surface area contributed by atoms with E-state index < -0.39 is 0 Å². The van der Waals surface area contributed by atoms with Gasteiger partial charge in [0.1, 0.15) is 0 Å². The molecule has 1 unspecified atom stereocenters. The quantitative estimate of drug-likeness (QED) is 0.182. The molecule has 0 saturated carbocycles. The second-order valence-electron chi connectivity index (χ2n) is 13.6. The summed E-state index contributed by atoms with van der Waals surface area (Å²) in [6.07, 6.45) is 0. The SMILES string of the molecule is c1ccc(-c2cccc(N(c3ccc4c(c3)C35c6ccccc6-c6cccc(c63)-c3cccc-4c35)c3ccccc3-c3ccccc3)c2)cc1. The average molecular weight is 634 g/mol. The summed E-state index contributed by atoms with van der Waals surface area (Å²) in [5, 5.41) is 0. The van der Waals surface area contributed by atoms with Crippen molar-refractivity contribution in [3.63, 3.8) is 0 Å². The zero-order chi connectivity index (χ0) is 32.8. The molecule has 1 nitrogen and oxygen atoms in total. The van der Waals surface area contributed by atoms with E-state index in [9.17, 15) is 0 Å². The van der Waals surface area contributed by atoms with Crippen molar-refractivity contribution in [3.8, 4) is 55.6 Å². The highest BCUT2D eigenvalue weighted by atomic mass is 15.1. The highest BCUT2D eigenvalue weighted by Crippen LogP contribution is 2.70. The van der Waals surface area contributed by atoms with Gasteiger partial charge in [0.05, 0.1) is 11.1 Å². The summed E-state index contributed by atoms with van der Waals surface area (Å²) in [4.78, 5) is 2.47. The molecule has 8 aromatic rings. The number of anilines is 3. The van der Waals surface area contributed by atoms with Crippen LogP contribution in [0.1, 0.15) is 22.3 Å². The van der Waals surface area contributed by atoms with E-state index in [1.165, 1.54) is 77.9 Å². The number of fused-ring (bicyclic) bond motifs is 5. The maximum Gasteiger partial charge on any atom is 0.0738 e. The molecule has 1 spiro atoms. The Balaban J connectivity index is 1.20. The van der Waals surface area contributed by atoms with Gasteiger partial charge in [-0.15, -0.1) is 0 Å². The minimum absolute atomic E-state index is 0.337. The van der Waals surface area contributed by atoms with Crippen molar-refractivity contribution in [2.24, 2.45) is 0 Å². The molecule has 0 radical (unpaired) electrons. The van der Waals surface area contributed by atoms with Crippen molar-refractivity contribution >= 4 is 17.1 Å². The minimum atomic E-state index is -0.337. The van der Waals surface area contributed by atoms with E-state index in [4.69, 9.17) is 0 Å². The van der Waals surface area contributed by atoms with Crippen molar-refractivity contribution in [1.82, 2.24) is 0 Å². The molecule has 0 aromatic heterocycles. The first kappa shape index (κ1) is 27.5. The van der Waals surface area contributed by atoms with E-state index in [-0.39, 0.29) is 5.41 Å². The molecular weight excluding hydrogens is 603 g/mol. The highest BCUT2D eigenvalue weighted by molar-refractivity contribution is 6.06. The number of hydrogen-bond donors (Lipinski definition) is 0. The van der Waals surface area contributed by atoms with Crippen LogP contribution in [0.15, 0.2) is 188 Å². The van der Waals surface area contributed by atoms with Gasteiger partial charge in [0.2, 0.25) is 0 Å². The topological polar surface area (TPSA) is 3.24 Å². The minimum Gasteiger partial charge on any atom is -0.310 e. The molecule has 0 amide bonds. The first-order valence-corrected chi connectivity index (χ1v) is 17.4. The first-order chi connectivity index (χ1) is 24.8. The Kier molecular flexibility index (Phi) is 5.66. The van der Waals surface area contributed by atoms with Crippen LogP contribution >= 0.6 is 0 Å². The third kappa shape index (κ3) is 3.56. The molecule has 1 atom stereocenters.